The first-order valence-electron chi connectivity index (χ1n) is 6.32. The largest absolute Gasteiger partial charge is 0.424 e. The molecule has 2 aromatic rings. The first-order valence-corrected chi connectivity index (χ1v) is 8.02. The van der Waals surface area contributed by atoms with Gasteiger partial charge in [0.05, 0.1) is 4.47 Å². The summed E-state index contributed by atoms with van der Waals surface area (Å²) in [4.78, 5) is 22.0. The second-order valence-corrected chi connectivity index (χ2v) is 6.80. The van der Waals surface area contributed by atoms with Gasteiger partial charge in [0.2, 0.25) is 5.91 Å². The van der Waals surface area contributed by atoms with E-state index in [1.165, 1.54) is 0 Å². The van der Waals surface area contributed by atoms with E-state index >= 15 is 0 Å². The van der Waals surface area contributed by atoms with Crippen LogP contribution in [0.4, 0.5) is 5.69 Å². The van der Waals surface area contributed by atoms with Crippen LogP contribution in [0.5, 0.6) is 11.8 Å². The predicted octanol–water partition coefficient (Wildman–Crippen LogP) is 3.53. The van der Waals surface area contributed by atoms with Gasteiger partial charge in [-0.2, -0.15) is 0 Å². The van der Waals surface area contributed by atoms with Crippen LogP contribution < -0.4 is 9.64 Å². The quantitative estimate of drug-likeness (QED) is 0.723. The number of ether oxygens (including phenoxy) is 1. The molecule has 5 nitrogen and oxygen atoms in total. The molecular formula is C14H11Br2N3O2. The van der Waals surface area contributed by atoms with Gasteiger partial charge in [0, 0.05) is 41.9 Å². The normalized spacial score (nSPS) is 18.1. The minimum Gasteiger partial charge on any atom is -0.424 e. The Morgan fingerprint density at radius 1 is 1.29 bits per heavy atom. The molecule has 1 aliphatic heterocycles. The highest BCUT2D eigenvalue weighted by atomic mass is 79.9. The van der Waals surface area contributed by atoms with E-state index in [1.807, 2.05) is 18.2 Å². The molecule has 108 valence electrons. The summed E-state index contributed by atoms with van der Waals surface area (Å²) in [6, 6.07) is 7.62. The number of nitrogens with zero attached hydrogens (tertiary/aromatic N) is 3. The van der Waals surface area contributed by atoms with Crippen molar-refractivity contribution in [3.8, 4) is 11.8 Å². The van der Waals surface area contributed by atoms with E-state index < -0.39 is 0 Å². The Hall–Kier alpha value is -1.47. The van der Waals surface area contributed by atoms with E-state index in [0.29, 0.717) is 18.7 Å². The smallest absolute Gasteiger partial charge is 0.321 e. The SMILES string of the molecule is O=C1CC(Br)CN1c1cccc(Oc2ncc(Br)cn2)c1. The van der Waals surface area contributed by atoms with E-state index in [9.17, 15) is 4.79 Å². The minimum atomic E-state index is 0.105. The van der Waals surface area contributed by atoms with Gasteiger partial charge >= 0.3 is 6.01 Å². The van der Waals surface area contributed by atoms with Crippen LogP contribution in [-0.4, -0.2) is 27.2 Å². The number of carbonyl (C=O) groups excluding carboxylic acids is 1. The molecule has 0 saturated carbocycles. The van der Waals surface area contributed by atoms with Crippen molar-refractivity contribution < 1.29 is 9.53 Å². The average Bonchev–Trinajstić information content (AvgIpc) is 2.81. The molecule has 21 heavy (non-hydrogen) atoms. The highest BCUT2D eigenvalue weighted by Crippen LogP contribution is 2.29. The van der Waals surface area contributed by atoms with E-state index in [1.54, 1.807) is 23.4 Å². The molecule has 3 rings (SSSR count). The topological polar surface area (TPSA) is 55.3 Å². The maximum absolute atomic E-state index is 11.9. The van der Waals surface area contributed by atoms with Crippen LogP contribution in [0.2, 0.25) is 0 Å². The second-order valence-electron chi connectivity index (χ2n) is 4.59. The first kappa shape index (κ1) is 14.5. The zero-order valence-corrected chi connectivity index (χ0v) is 14.0. The lowest BCUT2D eigenvalue weighted by atomic mass is 10.3. The van der Waals surface area contributed by atoms with Gasteiger partial charge in [-0.3, -0.25) is 4.79 Å². The first-order chi connectivity index (χ1) is 10.1. The third-order valence-electron chi connectivity index (χ3n) is 3.01. The lowest BCUT2D eigenvalue weighted by Gasteiger charge is -2.16. The van der Waals surface area contributed by atoms with E-state index in [4.69, 9.17) is 4.74 Å². The van der Waals surface area contributed by atoms with Crippen LogP contribution >= 0.6 is 31.9 Å². The number of hydrogen-bond acceptors (Lipinski definition) is 4. The molecular weight excluding hydrogens is 402 g/mol. The Balaban J connectivity index is 1.80. The van der Waals surface area contributed by atoms with E-state index in [-0.39, 0.29) is 16.7 Å². The summed E-state index contributed by atoms with van der Waals surface area (Å²) in [7, 11) is 0. The van der Waals surface area contributed by atoms with Crippen molar-refractivity contribution in [3.63, 3.8) is 0 Å². The molecule has 0 spiro atoms. The standard InChI is InChI=1S/C14H11Br2N3O2/c15-9-4-13(20)19(8-9)11-2-1-3-12(5-11)21-14-17-6-10(16)7-18-14/h1-3,5-7,9H,4,8H2. The van der Waals surface area contributed by atoms with Crippen molar-refractivity contribution in [1.82, 2.24) is 9.97 Å². The Kier molecular flexibility index (Phi) is 4.21. The summed E-state index contributed by atoms with van der Waals surface area (Å²) < 4.78 is 6.39. The number of anilines is 1. The van der Waals surface area contributed by atoms with Crippen molar-refractivity contribution in [2.45, 2.75) is 11.2 Å². The molecule has 0 N–H and O–H groups in total. The minimum absolute atomic E-state index is 0.105. The molecule has 1 aromatic heterocycles. The molecule has 0 bridgehead atoms. The molecule has 7 heteroatoms. The van der Waals surface area contributed by atoms with Gasteiger partial charge < -0.3 is 9.64 Å². The number of halogens is 2. The molecule has 1 unspecified atom stereocenters. The monoisotopic (exact) mass is 411 g/mol. The van der Waals surface area contributed by atoms with Crippen LogP contribution in [0.3, 0.4) is 0 Å². The number of alkyl halides is 1. The fourth-order valence-electron chi connectivity index (χ4n) is 2.09. The molecule has 1 atom stereocenters. The summed E-state index contributed by atoms with van der Waals surface area (Å²) in [5, 5.41) is 0. The predicted molar refractivity (Wildman–Crippen MR) is 85.9 cm³/mol. The van der Waals surface area contributed by atoms with Gasteiger partial charge in [0.15, 0.2) is 0 Å². The summed E-state index contributed by atoms with van der Waals surface area (Å²) in [5.74, 6) is 0.703. The van der Waals surface area contributed by atoms with Gasteiger partial charge in [-0.1, -0.05) is 22.0 Å². The molecule has 1 fully saturated rings. The number of benzene rings is 1. The molecule has 0 aliphatic carbocycles. The number of amides is 1. The number of carbonyl (C=O) groups is 1. The fraction of sp³-hybridized carbons (Fsp3) is 0.214. The zero-order valence-electron chi connectivity index (χ0n) is 10.9. The fourth-order valence-corrected chi connectivity index (χ4v) is 2.86. The summed E-state index contributed by atoms with van der Waals surface area (Å²) in [6.07, 6.45) is 3.75. The van der Waals surface area contributed by atoms with Crippen LogP contribution in [0.25, 0.3) is 0 Å². The summed E-state index contributed by atoms with van der Waals surface area (Å²) in [6.45, 7) is 0.664. The van der Waals surface area contributed by atoms with E-state index in [0.717, 1.165) is 10.2 Å². The molecule has 1 saturated heterocycles. The number of rotatable bonds is 3. The maximum Gasteiger partial charge on any atom is 0.321 e. The Morgan fingerprint density at radius 3 is 2.71 bits per heavy atom. The molecule has 1 aliphatic rings. The van der Waals surface area contributed by atoms with Gasteiger partial charge in [0.25, 0.3) is 0 Å². The Bertz CT molecular complexity index is 664. The lowest BCUT2D eigenvalue weighted by Crippen LogP contribution is -2.24. The lowest BCUT2D eigenvalue weighted by molar-refractivity contribution is -0.117. The Labute approximate surface area is 138 Å². The van der Waals surface area contributed by atoms with Crippen LogP contribution in [0.15, 0.2) is 41.1 Å². The molecule has 2 heterocycles. The van der Waals surface area contributed by atoms with Crippen molar-refractivity contribution >= 4 is 43.5 Å². The van der Waals surface area contributed by atoms with Crippen molar-refractivity contribution in [2.75, 3.05) is 11.4 Å². The van der Waals surface area contributed by atoms with Crippen molar-refractivity contribution in [2.24, 2.45) is 0 Å². The summed E-state index contributed by atoms with van der Waals surface area (Å²) >= 11 is 6.75. The molecule has 1 aromatic carbocycles. The highest BCUT2D eigenvalue weighted by molar-refractivity contribution is 9.10. The maximum atomic E-state index is 11.9. The highest BCUT2D eigenvalue weighted by Gasteiger charge is 2.28. The summed E-state index contributed by atoms with van der Waals surface area (Å²) in [5.41, 5.74) is 0.816. The van der Waals surface area contributed by atoms with Crippen LogP contribution in [0, 0.1) is 0 Å². The van der Waals surface area contributed by atoms with Crippen molar-refractivity contribution in [3.05, 3.63) is 41.1 Å². The molecule has 0 radical (unpaired) electrons. The molecule has 1 amide bonds. The second kappa shape index (κ2) is 6.11. The number of aromatic nitrogens is 2. The Morgan fingerprint density at radius 2 is 2.05 bits per heavy atom. The average molecular weight is 413 g/mol. The van der Waals surface area contributed by atoms with Gasteiger partial charge in [-0.25, -0.2) is 9.97 Å². The van der Waals surface area contributed by atoms with Crippen LogP contribution in [0.1, 0.15) is 6.42 Å². The zero-order chi connectivity index (χ0) is 14.8. The van der Waals surface area contributed by atoms with Crippen LogP contribution in [-0.2, 0) is 4.79 Å². The van der Waals surface area contributed by atoms with E-state index in [2.05, 4.69) is 41.8 Å². The van der Waals surface area contributed by atoms with Crippen molar-refractivity contribution in [1.29, 1.82) is 0 Å². The third kappa shape index (κ3) is 3.41. The van der Waals surface area contributed by atoms with Gasteiger partial charge in [-0.05, 0) is 28.1 Å². The number of hydrogen-bond donors (Lipinski definition) is 0. The van der Waals surface area contributed by atoms with Gasteiger partial charge in [0.1, 0.15) is 5.75 Å². The third-order valence-corrected chi connectivity index (χ3v) is 4.04. The van der Waals surface area contributed by atoms with Gasteiger partial charge in [-0.15, -0.1) is 0 Å².